The van der Waals surface area contributed by atoms with Crippen LogP contribution in [0.4, 0.5) is 21.6 Å². The number of aromatic nitrogens is 1. The fourth-order valence-corrected chi connectivity index (χ4v) is 5.90. The third kappa shape index (κ3) is 4.47. The molecule has 5 rings (SSSR count). The van der Waals surface area contributed by atoms with Gasteiger partial charge >= 0.3 is 0 Å². The number of thiocarbonyl (C=S) groups is 1. The second-order valence-corrected chi connectivity index (χ2v) is 10.3. The van der Waals surface area contributed by atoms with Gasteiger partial charge in [0.15, 0.2) is 5.11 Å². The van der Waals surface area contributed by atoms with E-state index in [0.717, 1.165) is 32.5 Å². The SMILES string of the molecule is [C-]#[N+]c1ncc(N2C(=O)C3(CCC3)N(c3ccc(C(=O)NCCCN4CCCC4)c(F)c3)C2=S)cc1C. The van der Waals surface area contributed by atoms with Crippen molar-refractivity contribution >= 4 is 46.3 Å². The number of hydrogen-bond donors (Lipinski definition) is 1. The highest BCUT2D eigenvalue weighted by atomic mass is 32.1. The number of anilines is 2. The van der Waals surface area contributed by atoms with E-state index in [1.54, 1.807) is 24.0 Å². The summed E-state index contributed by atoms with van der Waals surface area (Å²) in [7, 11) is 0. The van der Waals surface area contributed by atoms with E-state index < -0.39 is 17.3 Å². The van der Waals surface area contributed by atoms with E-state index in [-0.39, 0.29) is 22.4 Å². The van der Waals surface area contributed by atoms with Crippen molar-refractivity contribution in [3.8, 4) is 0 Å². The number of amides is 2. The Hall–Kier alpha value is -3.42. The van der Waals surface area contributed by atoms with Crippen LogP contribution in [0.3, 0.4) is 0 Å². The van der Waals surface area contributed by atoms with Gasteiger partial charge in [-0.05, 0) is 107 Å². The topological polar surface area (TPSA) is 73.1 Å². The van der Waals surface area contributed by atoms with E-state index in [4.69, 9.17) is 18.8 Å². The molecule has 1 aromatic heterocycles. The van der Waals surface area contributed by atoms with Crippen LogP contribution in [0.2, 0.25) is 0 Å². The van der Waals surface area contributed by atoms with Crippen molar-refractivity contribution in [2.24, 2.45) is 0 Å². The monoisotopic (exact) mass is 520 g/mol. The third-order valence-corrected chi connectivity index (χ3v) is 7.95. The third-order valence-electron chi connectivity index (χ3n) is 7.58. The van der Waals surface area contributed by atoms with Gasteiger partial charge in [-0.3, -0.25) is 14.5 Å². The normalized spacial score (nSPS) is 18.8. The fraction of sp³-hybridized carbons (Fsp3) is 0.444. The second kappa shape index (κ2) is 10.1. The highest BCUT2D eigenvalue weighted by Crippen LogP contribution is 2.48. The van der Waals surface area contributed by atoms with Crippen LogP contribution in [0, 0.1) is 19.3 Å². The lowest BCUT2D eigenvalue weighted by molar-refractivity contribution is -0.123. The zero-order valence-corrected chi connectivity index (χ0v) is 21.6. The maximum atomic E-state index is 15.2. The number of benzene rings is 1. The first kappa shape index (κ1) is 25.2. The van der Waals surface area contributed by atoms with Crippen LogP contribution >= 0.6 is 12.2 Å². The standard InChI is InChI=1S/C27H29FN6O2S/c1-18-15-20(17-31-23(18)29-2)33-25(36)27(9-5-10-27)34(26(33)37)19-7-8-21(22(28)16-19)24(35)30-11-6-14-32-12-3-4-13-32/h7-8,15-17H,3-6,9-14H2,1H3,(H,30,35). The van der Waals surface area contributed by atoms with Crippen molar-refractivity contribution in [3.05, 3.63) is 58.8 Å². The summed E-state index contributed by atoms with van der Waals surface area (Å²) in [5.41, 5.74) is 0.654. The highest BCUT2D eigenvalue weighted by Gasteiger charge is 2.59. The first-order valence-electron chi connectivity index (χ1n) is 12.7. The second-order valence-electron chi connectivity index (χ2n) is 9.91. The number of nitrogens with one attached hydrogen (secondary N) is 1. The molecule has 2 aliphatic heterocycles. The Morgan fingerprint density at radius 1 is 1.22 bits per heavy atom. The Morgan fingerprint density at radius 3 is 2.59 bits per heavy atom. The molecule has 37 heavy (non-hydrogen) atoms. The fourth-order valence-electron chi connectivity index (χ4n) is 5.43. The van der Waals surface area contributed by atoms with E-state index >= 15 is 4.39 Å². The summed E-state index contributed by atoms with van der Waals surface area (Å²) >= 11 is 5.74. The van der Waals surface area contributed by atoms with Crippen molar-refractivity contribution in [1.29, 1.82) is 0 Å². The van der Waals surface area contributed by atoms with Crippen LogP contribution in [-0.2, 0) is 4.79 Å². The molecule has 2 amide bonds. The van der Waals surface area contributed by atoms with E-state index in [0.29, 0.717) is 36.3 Å². The van der Waals surface area contributed by atoms with Gasteiger partial charge in [-0.1, -0.05) is 6.57 Å². The molecule has 1 N–H and O–H groups in total. The Bertz CT molecular complexity index is 1300. The van der Waals surface area contributed by atoms with Gasteiger partial charge in [-0.2, -0.15) is 0 Å². The quantitative estimate of drug-likeness (QED) is 0.332. The number of aryl methyl sites for hydroxylation is 1. The smallest absolute Gasteiger partial charge is 0.272 e. The van der Waals surface area contributed by atoms with Crippen molar-refractivity contribution in [3.63, 3.8) is 0 Å². The van der Waals surface area contributed by atoms with Crippen LogP contribution in [0.1, 0.15) is 54.4 Å². The Morgan fingerprint density at radius 2 is 1.97 bits per heavy atom. The molecule has 0 atom stereocenters. The Labute approximate surface area is 221 Å². The lowest BCUT2D eigenvalue weighted by Gasteiger charge is -2.43. The summed E-state index contributed by atoms with van der Waals surface area (Å²) in [5, 5.41) is 3.05. The van der Waals surface area contributed by atoms with Gasteiger partial charge in [0.1, 0.15) is 17.6 Å². The molecule has 8 nitrogen and oxygen atoms in total. The highest BCUT2D eigenvalue weighted by molar-refractivity contribution is 7.81. The number of pyridine rings is 1. The predicted octanol–water partition coefficient (Wildman–Crippen LogP) is 4.36. The number of hydrogen-bond acceptors (Lipinski definition) is 5. The molecule has 1 aliphatic carbocycles. The largest absolute Gasteiger partial charge is 0.360 e. The minimum Gasteiger partial charge on any atom is -0.360 e. The summed E-state index contributed by atoms with van der Waals surface area (Å²) in [5.74, 6) is -1.02. The average molecular weight is 521 g/mol. The van der Waals surface area contributed by atoms with Crippen LogP contribution in [0.25, 0.3) is 4.85 Å². The number of rotatable bonds is 7. The van der Waals surface area contributed by atoms with Crippen LogP contribution in [-0.4, -0.2) is 58.5 Å². The molecular weight excluding hydrogens is 491 g/mol. The molecule has 0 radical (unpaired) electrons. The molecule has 3 heterocycles. The maximum Gasteiger partial charge on any atom is 0.272 e. The minimum absolute atomic E-state index is 0.0320. The molecule has 0 unspecified atom stereocenters. The van der Waals surface area contributed by atoms with Gasteiger partial charge in [0.2, 0.25) is 0 Å². The number of carbonyl (C=O) groups excluding carboxylic acids is 2. The number of halogens is 1. The molecule has 1 aromatic carbocycles. The zero-order chi connectivity index (χ0) is 26.2. The summed E-state index contributed by atoms with van der Waals surface area (Å²) in [4.78, 5) is 39.3. The molecule has 1 saturated carbocycles. The molecule has 2 aromatic rings. The van der Waals surface area contributed by atoms with Crippen LogP contribution in [0.15, 0.2) is 30.5 Å². The first-order valence-corrected chi connectivity index (χ1v) is 13.1. The summed E-state index contributed by atoms with van der Waals surface area (Å²) in [6.45, 7) is 12.6. The molecule has 192 valence electrons. The first-order chi connectivity index (χ1) is 17.9. The van der Waals surface area contributed by atoms with Gasteiger partial charge in [-0.15, -0.1) is 4.98 Å². The number of likely N-dealkylation sites (tertiary alicyclic amines) is 1. The number of carbonyl (C=O) groups is 2. The molecule has 3 aliphatic rings. The van der Waals surface area contributed by atoms with Crippen molar-refractivity contribution in [2.75, 3.05) is 36.0 Å². The average Bonchev–Trinajstić information content (AvgIpc) is 3.45. The van der Waals surface area contributed by atoms with E-state index in [1.807, 2.05) is 0 Å². The van der Waals surface area contributed by atoms with Gasteiger partial charge < -0.3 is 20.0 Å². The summed E-state index contributed by atoms with van der Waals surface area (Å²) in [6, 6.07) is 6.11. The zero-order valence-electron chi connectivity index (χ0n) is 20.8. The van der Waals surface area contributed by atoms with Gasteiger partial charge in [0.25, 0.3) is 17.6 Å². The Balaban J connectivity index is 1.34. The lowest BCUT2D eigenvalue weighted by atomic mass is 9.75. The van der Waals surface area contributed by atoms with Gasteiger partial charge in [-0.25, -0.2) is 4.39 Å². The number of nitrogens with zero attached hydrogens (tertiary/aromatic N) is 5. The van der Waals surface area contributed by atoms with Crippen LogP contribution in [0.5, 0.6) is 0 Å². The van der Waals surface area contributed by atoms with E-state index in [9.17, 15) is 9.59 Å². The van der Waals surface area contributed by atoms with Crippen molar-refractivity contribution in [2.45, 2.75) is 51.0 Å². The van der Waals surface area contributed by atoms with Crippen molar-refractivity contribution < 1.29 is 14.0 Å². The predicted molar refractivity (Wildman–Crippen MR) is 143 cm³/mol. The maximum absolute atomic E-state index is 15.2. The minimum atomic E-state index is -0.880. The van der Waals surface area contributed by atoms with Gasteiger partial charge in [0, 0.05) is 12.2 Å². The lowest BCUT2D eigenvalue weighted by Crippen LogP contribution is -2.55. The molecule has 2 saturated heterocycles. The molecule has 0 bridgehead atoms. The van der Waals surface area contributed by atoms with Gasteiger partial charge in [0.05, 0.1) is 11.3 Å². The molecule has 1 spiro atoms. The van der Waals surface area contributed by atoms with Crippen molar-refractivity contribution in [1.82, 2.24) is 15.2 Å². The van der Waals surface area contributed by atoms with E-state index in [2.05, 4.69) is 20.0 Å². The van der Waals surface area contributed by atoms with E-state index in [1.165, 1.54) is 36.1 Å². The molecular formula is C27H29FN6O2S. The summed E-state index contributed by atoms with van der Waals surface area (Å²) < 4.78 is 15.2. The molecule has 3 fully saturated rings. The molecule has 10 heteroatoms. The van der Waals surface area contributed by atoms with Crippen LogP contribution < -0.4 is 15.1 Å². The Kier molecular flexibility index (Phi) is 6.92. The summed E-state index contributed by atoms with van der Waals surface area (Å²) in [6.07, 6.45) is 6.77.